The van der Waals surface area contributed by atoms with E-state index in [1.165, 1.54) is 0 Å². The summed E-state index contributed by atoms with van der Waals surface area (Å²) < 4.78 is 29.1. The van der Waals surface area contributed by atoms with E-state index in [4.69, 9.17) is 9.47 Å². The van der Waals surface area contributed by atoms with Crippen molar-refractivity contribution in [2.24, 2.45) is 0 Å². The van der Waals surface area contributed by atoms with Gasteiger partial charge in [-0.1, -0.05) is 0 Å². The van der Waals surface area contributed by atoms with Gasteiger partial charge in [0.2, 0.25) is 0 Å². The van der Waals surface area contributed by atoms with Gasteiger partial charge in [-0.25, -0.2) is 0 Å². The number of aryl methyl sites for hydroxylation is 1. The standard InChI is InChI=1S/C16H25N3O3S/c1-4-22-12-5-7-19(8-6-12)10-13-14(21-3)9-11(2)15-16(13)18-23(20)17-15/h9,12,17-18H,4-8,10H2,1-3H3. The molecule has 128 valence electrons. The Morgan fingerprint density at radius 1 is 1.30 bits per heavy atom. The molecule has 0 saturated carbocycles. The predicted molar refractivity (Wildman–Crippen MR) is 93.0 cm³/mol. The summed E-state index contributed by atoms with van der Waals surface area (Å²) in [6.07, 6.45) is 2.50. The van der Waals surface area contributed by atoms with Crippen molar-refractivity contribution in [1.82, 2.24) is 4.90 Å². The third kappa shape index (κ3) is 3.52. The van der Waals surface area contributed by atoms with E-state index in [0.717, 1.165) is 67.3 Å². The Bertz CT molecular complexity index is 562. The highest BCUT2D eigenvalue weighted by Gasteiger charge is 2.30. The number of anilines is 2. The zero-order valence-electron chi connectivity index (χ0n) is 14.0. The van der Waals surface area contributed by atoms with Crippen LogP contribution in [0, 0.1) is 6.92 Å². The largest absolute Gasteiger partial charge is 0.568 e. The van der Waals surface area contributed by atoms with E-state index in [2.05, 4.69) is 14.3 Å². The molecule has 3 rings (SSSR count). The quantitative estimate of drug-likeness (QED) is 0.803. The summed E-state index contributed by atoms with van der Waals surface area (Å²) in [6, 6.07) is 2.01. The molecule has 2 N–H and O–H groups in total. The molecule has 0 aromatic heterocycles. The fraction of sp³-hybridized carbons (Fsp3) is 0.625. The van der Waals surface area contributed by atoms with Crippen LogP contribution in [-0.2, 0) is 22.8 Å². The zero-order chi connectivity index (χ0) is 16.4. The molecule has 1 aromatic rings. The lowest BCUT2D eigenvalue weighted by Crippen LogP contribution is -2.36. The lowest BCUT2D eigenvalue weighted by molar-refractivity contribution is 0.0124. The van der Waals surface area contributed by atoms with Crippen molar-refractivity contribution in [3.63, 3.8) is 0 Å². The third-order valence-corrected chi connectivity index (χ3v) is 5.30. The number of methoxy groups -OCH3 is 1. The Hall–Kier alpha value is -1.15. The first-order chi connectivity index (χ1) is 11.1. The molecule has 1 unspecified atom stereocenters. The van der Waals surface area contributed by atoms with E-state index >= 15 is 0 Å². The summed E-state index contributed by atoms with van der Waals surface area (Å²) in [6.45, 7) is 7.63. The molecule has 0 spiro atoms. The fourth-order valence-electron chi connectivity index (χ4n) is 3.31. The number of nitrogens with one attached hydrogen (secondary N) is 2. The summed E-state index contributed by atoms with van der Waals surface area (Å²) >= 11 is -1.26. The molecule has 0 bridgehead atoms. The van der Waals surface area contributed by atoms with Crippen molar-refractivity contribution in [3.05, 3.63) is 17.2 Å². The van der Waals surface area contributed by atoms with Gasteiger partial charge in [0, 0.05) is 31.8 Å². The van der Waals surface area contributed by atoms with E-state index in [0.29, 0.717) is 6.10 Å². The van der Waals surface area contributed by atoms with Crippen LogP contribution in [0.1, 0.15) is 30.9 Å². The number of hydrogen-bond donors (Lipinski definition) is 2. The van der Waals surface area contributed by atoms with Crippen LogP contribution in [0.2, 0.25) is 0 Å². The highest BCUT2D eigenvalue weighted by atomic mass is 32.2. The Kier molecular flexibility index (Phi) is 5.21. The van der Waals surface area contributed by atoms with Crippen LogP contribution in [0.4, 0.5) is 11.4 Å². The average molecular weight is 339 g/mol. The van der Waals surface area contributed by atoms with Gasteiger partial charge < -0.3 is 14.0 Å². The first kappa shape index (κ1) is 16.7. The molecule has 1 fully saturated rings. The number of nitrogens with zero attached hydrogens (tertiary/aromatic N) is 1. The zero-order valence-corrected chi connectivity index (χ0v) is 14.8. The van der Waals surface area contributed by atoms with Gasteiger partial charge in [-0.15, -0.1) is 0 Å². The number of ether oxygens (including phenoxy) is 2. The van der Waals surface area contributed by atoms with Gasteiger partial charge in [-0.2, -0.15) is 9.44 Å². The molecular weight excluding hydrogens is 314 g/mol. The fourth-order valence-corrected chi connectivity index (χ4v) is 4.22. The van der Waals surface area contributed by atoms with Crippen LogP contribution >= 0.6 is 0 Å². The van der Waals surface area contributed by atoms with Crippen LogP contribution < -0.4 is 14.2 Å². The first-order valence-electron chi connectivity index (χ1n) is 8.11. The van der Waals surface area contributed by atoms with Gasteiger partial charge in [0.25, 0.3) is 0 Å². The summed E-state index contributed by atoms with van der Waals surface area (Å²) in [5, 5.41) is 0. The molecule has 0 aliphatic carbocycles. The second-order valence-electron chi connectivity index (χ2n) is 6.03. The van der Waals surface area contributed by atoms with Crippen molar-refractivity contribution in [2.75, 3.05) is 36.3 Å². The van der Waals surface area contributed by atoms with Gasteiger partial charge in [0.15, 0.2) is 11.5 Å². The van der Waals surface area contributed by atoms with Gasteiger partial charge in [0.1, 0.15) is 17.1 Å². The number of hydrogen-bond acceptors (Lipinski definition) is 6. The third-order valence-electron chi connectivity index (χ3n) is 4.52. The van der Waals surface area contributed by atoms with Crippen LogP contribution in [-0.4, -0.2) is 42.4 Å². The highest BCUT2D eigenvalue weighted by molar-refractivity contribution is 7.94. The van der Waals surface area contributed by atoms with Crippen LogP contribution in [0.25, 0.3) is 0 Å². The number of fused-ring (bicyclic) bond motifs is 1. The molecule has 0 amide bonds. The second-order valence-corrected chi connectivity index (χ2v) is 6.97. The molecular formula is C16H25N3O3S. The number of likely N-dealkylation sites (tertiary alicyclic amines) is 1. The highest BCUT2D eigenvalue weighted by Crippen LogP contribution is 2.42. The summed E-state index contributed by atoms with van der Waals surface area (Å²) in [5.41, 5.74) is 3.94. The van der Waals surface area contributed by atoms with E-state index in [1.54, 1.807) is 7.11 Å². The Balaban J connectivity index is 1.77. The predicted octanol–water partition coefficient (Wildman–Crippen LogP) is 2.42. The molecule has 23 heavy (non-hydrogen) atoms. The maximum atomic E-state index is 11.8. The molecule has 6 nitrogen and oxygen atoms in total. The van der Waals surface area contributed by atoms with Crippen LogP contribution in [0.15, 0.2) is 6.07 Å². The van der Waals surface area contributed by atoms with E-state index < -0.39 is 11.5 Å². The van der Waals surface area contributed by atoms with Crippen molar-refractivity contribution < 1.29 is 14.0 Å². The molecule has 1 atom stereocenters. The normalized spacial score (nSPS) is 21.7. The van der Waals surface area contributed by atoms with Crippen molar-refractivity contribution in [3.8, 4) is 5.75 Å². The van der Waals surface area contributed by atoms with E-state index in [9.17, 15) is 4.55 Å². The van der Waals surface area contributed by atoms with Crippen molar-refractivity contribution in [1.29, 1.82) is 0 Å². The Morgan fingerprint density at radius 3 is 2.65 bits per heavy atom. The molecule has 7 heteroatoms. The number of benzene rings is 1. The lowest BCUT2D eigenvalue weighted by atomic mass is 10.0. The molecule has 0 radical (unpaired) electrons. The maximum absolute atomic E-state index is 11.8. The van der Waals surface area contributed by atoms with Gasteiger partial charge in [-0.05, 0) is 38.3 Å². The molecule has 1 aromatic carbocycles. The minimum atomic E-state index is -1.26. The van der Waals surface area contributed by atoms with Gasteiger partial charge in [0.05, 0.1) is 13.2 Å². The topological polar surface area (TPSA) is 68.8 Å². The summed E-state index contributed by atoms with van der Waals surface area (Å²) in [4.78, 5) is 2.41. The second kappa shape index (κ2) is 7.17. The minimum absolute atomic E-state index is 0.383. The molecule has 1 saturated heterocycles. The Labute approximate surface area is 141 Å². The van der Waals surface area contributed by atoms with Crippen LogP contribution in [0.3, 0.4) is 0 Å². The SMILES string of the molecule is CCOC1CCN(Cc2c(OC)cc(C)c3c2N[S+]([O-])N3)CC1. The first-order valence-corrected chi connectivity index (χ1v) is 9.26. The van der Waals surface area contributed by atoms with Gasteiger partial charge >= 0.3 is 0 Å². The number of piperidine rings is 1. The van der Waals surface area contributed by atoms with Gasteiger partial charge in [-0.3, -0.25) is 4.90 Å². The average Bonchev–Trinajstić information content (AvgIpc) is 2.94. The van der Waals surface area contributed by atoms with E-state index in [-0.39, 0.29) is 0 Å². The lowest BCUT2D eigenvalue weighted by Gasteiger charge is -2.32. The smallest absolute Gasteiger partial charge is 0.192 e. The molecule has 2 heterocycles. The van der Waals surface area contributed by atoms with Crippen molar-refractivity contribution in [2.45, 2.75) is 39.3 Å². The molecule has 2 aliphatic heterocycles. The van der Waals surface area contributed by atoms with Crippen LogP contribution in [0.5, 0.6) is 5.75 Å². The minimum Gasteiger partial charge on any atom is -0.568 e. The molecule has 2 aliphatic rings. The van der Waals surface area contributed by atoms with E-state index in [1.807, 2.05) is 19.9 Å². The monoisotopic (exact) mass is 339 g/mol. The Morgan fingerprint density at radius 2 is 2.00 bits per heavy atom. The van der Waals surface area contributed by atoms with Crippen molar-refractivity contribution >= 4 is 22.9 Å². The summed E-state index contributed by atoms with van der Waals surface area (Å²) in [7, 11) is 1.69. The summed E-state index contributed by atoms with van der Waals surface area (Å²) in [5.74, 6) is 0.849. The maximum Gasteiger partial charge on any atom is 0.192 e. The number of rotatable bonds is 5.